The molecule has 4 rings (SSSR count). The van der Waals surface area contributed by atoms with E-state index in [1.165, 1.54) is 6.07 Å². The molecule has 0 radical (unpaired) electrons. The van der Waals surface area contributed by atoms with Crippen molar-refractivity contribution in [3.8, 4) is 0 Å². The Morgan fingerprint density at radius 1 is 1.26 bits per heavy atom. The number of hydrogen-bond donors (Lipinski definition) is 0. The van der Waals surface area contributed by atoms with Crippen LogP contribution in [0.5, 0.6) is 0 Å². The van der Waals surface area contributed by atoms with E-state index in [1.807, 2.05) is 35.8 Å². The van der Waals surface area contributed by atoms with Crippen molar-refractivity contribution in [2.75, 3.05) is 50.8 Å². The van der Waals surface area contributed by atoms with E-state index >= 15 is 0 Å². The molecule has 3 aliphatic heterocycles. The SMILES string of the molecule is CCC1=C(/C=C(/Cl)CC)OCCN(C(=O)N2CC3(C2)CN(c2cc(C)cc(F)n2)C3)C1. The zero-order valence-corrected chi connectivity index (χ0v) is 19.2. The van der Waals surface area contributed by atoms with Gasteiger partial charge in [-0.15, -0.1) is 0 Å². The van der Waals surface area contributed by atoms with Gasteiger partial charge in [0.15, 0.2) is 0 Å². The van der Waals surface area contributed by atoms with Gasteiger partial charge < -0.3 is 19.4 Å². The number of anilines is 1. The fourth-order valence-electron chi connectivity index (χ4n) is 4.59. The summed E-state index contributed by atoms with van der Waals surface area (Å²) in [5.74, 6) is 1.04. The van der Waals surface area contributed by atoms with E-state index in [4.69, 9.17) is 16.3 Å². The molecule has 2 fully saturated rings. The van der Waals surface area contributed by atoms with Gasteiger partial charge in [-0.3, -0.25) is 0 Å². The third kappa shape index (κ3) is 4.52. The second kappa shape index (κ2) is 8.69. The molecule has 0 atom stereocenters. The average molecular weight is 449 g/mol. The number of allylic oxidation sites excluding steroid dienone is 2. The predicted molar refractivity (Wildman–Crippen MR) is 120 cm³/mol. The maximum atomic E-state index is 13.6. The number of halogens is 2. The third-order valence-electron chi connectivity index (χ3n) is 6.30. The van der Waals surface area contributed by atoms with Gasteiger partial charge in [-0.1, -0.05) is 25.4 Å². The van der Waals surface area contributed by atoms with E-state index in [1.54, 1.807) is 0 Å². The Kier molecular flexibility index (Phi) is 6.15. The van der Waals surface area contributed by atoms with Gasteiger partial charge in [0.2, 0.25) is 5.95 Å². The van der Waals surface area contributed by atoms with E-state index in [-0.39, 0.29) is 11.4 Å². The highest BCUT2D eigenvalue weighted by atomic mass is 35.5. The molecule has 31 heavy (non-hydrogen) atoms. The average Bonchev–Trinajstić information content (AvgIpc) is 2.87. The largest absolute Gasteiger partial charge is 0.492 e. The number of nitrogens with zero attached hydrogens (tertiary/aromatic N) is 4. The summed E-state index contributed by atoms with van der Waals surface area (Å²) in [6.07, 6.45) is 3.45. The van der Waals surface area contributed by atoms with Gasteiger partial charge in [0.1, 0.15) is 18.2 Å². The van der Waals surface area contributed by atoms with Crippen LogP contribution < -0.4 is 4.90 Å². The van der Waals surface area contributed by atoms with E-state index in [0.29, 0.717) is 25.5 Å². The van der Waals surface area contributed by atoms with Crippen LogP contribution in [0.4, 0.5) is 15.0 Å². The Morgan fingerprint density at radius 2 is 2.00 bits per heavy atom. The second-order valence-corrected chi connectivity index (χ2v) is 9.34. The molecule has 8 heteroatoms. The molecule has 0 aliphatic carbocycles. The zero-order chi connectivity index (χ0) is 22.2. The van der Waals surface area contributed by atoms with E-state index < -0.39 is 5.95 Å². The van der Waals surface area contributed by atoms with Crippen molar-refractivity contribution in [1.29, 1.82) is 0 Å². The topological polar surface area (TPSA) is 48.9 Å². The number of hydrogen-bond acceptors (Lipinski definition) is 4. The number of ether oxygens (including phenoxy) is 1. The second-order valence-electron chi connectivity index (χ2n) is 8.86. The smallest absolute Gasteiger partial charge is 0.320 e. The Morgan fingerprint density at radius 3 is 2.65 bits per heavy atom. The first-order valence-corrected chi connectivity index (χ1v) is 11.3. The molecule has 1 aromatic rings. The van der Waals surface area contributed by atoms with Gasteiger partial charge in [0.25, 0.3) is 0 Å². The molecule has 2 amide bonds. The number of pyridine rings is 1. The van der Waals surface area contributed by atoms with Gasteiger partial charge in [-0.05, 0) is 49.1 Å². The number of carbonyl (C=O) groups is 1. The molecule has 2 saturated heterocycles. The van der Waals surface area contributed by atoms with Crippen molar-refractivity contribution < 1.29 is 13.9 Å². The molecule has 6 nitrogen and oxygen atoms in total. The number of carbonyl (C=O) groups excluding carboxylic acids is 1. The molecule has 168 valence electrons. The van der Waals surface area contributed by atoms with Crippen LogP contribution in [0.1, 0.15) is 32.3 Å². The van der Waals surface area contributed by atoms with Crippen molar-refractivity contribution in [2.24, 2.45) is 5.41 Å². The molecular formula is C23H30ClFN4O2. The number of amides is 2. The molecule has 0 saturated carbocycles. The van der Waals surface area contributed by atoms with Crippen LogP contribution >= 0.6 is 11.6 Å². The van der Waals surface area contributed by atoms with E-state index in [2.05, 4.69) is 16.8 Å². The molecule has 0 bridgehead atoms. The van der Waals surface area contributed by atoms with Crippen LogP contribution in [-0.4, -0.2) is 66.7 Å². The van der Waals surface area contributed by atoms with Gasteiger partial charge in [-0.2, -0.15) is 4.39 Å². The first-order chi connectivity index (χ1) is 14.8. The predicted octanol–water partition coefficient (Wildman–Crippen LogP) is 4.30. The zero-order valence-electron chi connectivity index (χ0n) is 18.5. The minimum Gasteiger partial charge on any atom is -0.492 e. The monoisotopic (exact) mass is 448 g/mol. The molecule has 4 heterocycles. The lowest BCUT2D eigenvalue weighted by atomic mass is 9.73. The number of rotatable bonds is 4. The maximum Gasteiger partial charge on any atom is 0.320 e. The lowest BCUT2D eigenvalue weighted by Crippen LogP contribution is -2.74. The van der Waals surface area contributed by atoms with Crippen LogP contribution in [-0.2, 0) is 4.74 Å². The quantitative estimate of drug-likeness (QED) is 0.644. The van der Waals surface area contributed by atoms with E-state index in [0.717, 1.165) is 60.9 Å². The summed E-state index contributed by atoms with van der Waals surface area (Å²) >= 11 is 6.21. The Hall–Kier alpha value is -2.28. The van der Waals surface area contributed by atoms with Crippen LogP contribution in [0, 0.1) is 18.3 Å². The highest BCUT2D eigenvalue weighted by Gasteiger charge is 2.54. The summed E-state index contributed by atoms with van der Waals surface area (Å²) < 4.78 is 19.5. The molecule has 3 aliphatic rings. The van der Waals surface area contributed by atoms with Crippen molar-refractivity contribution in [3.05, 3.63) is 46.1 Å². The molecule has 0 unspecified atom stereocenters. The molecule has 1 aromatic heterocycles. The highest BCUT2D eigenvalue weighted by molar-refractivity contribution is 6.29. The summed E-state index contributed by atoms with van der Waals surface area (Å²) in [5.41, 5.74) is 2.06. The van der Waals surface area contributed by atoms with Gasteiger partial charge in [0, 0.05) is 43.2 Å². The maximum absolute atomic E-state index is 13.6. The fraction of sp³-hybridized carbons (Fsp3) is 0.565. The minimum atomic E-state index is -0.445. The molecule has 1 spiro atoms. The lowest BCUT2D eigenvalue weighted by molar-refractivity contribution is -0.00441. The summed E-state index contributed by atoms with van der Waals surface area (Å²) in [7, 11) is 0. The molecular weight excluding hydrogens is 419 g/mol. The first kappa shape index (κ1) is 21.9. The summed E-state index contributed by atoms with van der Waals surface area (Å²) in [6, 6.07) is 3.40. The van der Waals surface area contributed by atoms with Crippen LogP contribution in [0.25, 0.3) is 0 Å². The summed E-state index contributed by atoms with van der Waals surface area (Å²) in [4.78, 5) is 23.0. The fourth-order valence-corrected chi connectivity index (χ4v) is 4.68. The number of aromatic nitrogens is 1. The number of aryl methyl sites for hydroxylation is 1. The van der Waals surface area contributed by atoms with Gasteiger partial charge in [0.05, 0.1) is 6.54 Å². The molecule has 0 N–H and O–H groups in total. The standard InChI is InChI=1S/C23H30ClFN4O2/c1-4-17-11-27(6-7-31-19(17)10-18(24)5-2)22(30)29-14-23(15-29)12-28(13-23)21-9-16(3)8-20(25)26-21/h8-10H,4-7,11-15H2,1-3H3/b18-10+. The lowest BCUT2D eigenvalue weighted by Gasteiger charge is -2.60. The number of likely N-dealkylation sites (tertiary alicyclic amines) is 1. The van der Waals surface area contributed by atoms with Crippen LogP contribution in [0.3, 0.4) is 0 Å². The Labute approximate surface area is 188 Å². The summed E-state index contributed by atoms with van der Waals surface area (Å²) in [6.45, 7) is 10.6. The van der Waals surface area contributed by atoms with Crippen molar-refractivity contribution in [1.82, 2.24) is 14.8 Å². The Bertz CT molecular complexity index is 898. The first-order valence-electron chi connectivity index (χ1n) is 11.0. The third-order valence-corrected chi connectivity index (χ3v) is 6.67. The van der Waals surface area contributed by atoms with Crippen molar-refractivity contribution >= 4 is 23.4 Å². The summed E-state index contributed by atoms with van der Waals surface area (Å²) in [5, 5.41) is 0.753. The van der Waals surface area contributed by atoms with Crippen LogP contribution in [0.2, 0.25) is 0 Å². The minimum absolute atomic E-state index is 0.0603. The van der Waals surface area contributed by atoms with Gasteiger partial charge in [-0.25, -0.2) is 9.78 Å². The normalized spacial score (nSPS) is 20.9. The van der Waals surface area contributed by atoms with Crippen LogP contribution in [0.15, 0.2) is 34.6 Å². The van der Waals surface area contributed by atoms with Crippen molar-refractivity contribution in [3.63, 3.8) is 0 Å². The van der Waals surface area contributed by atoms with Gasteiger partial charge >= 0.3 is 6.03 Å². The number of urea groups is 1. The highest BCUT2D eigenvalue weighted by Crippen LogP contribution is 2.42. The Balaban J connectivity index is 1.35. The van der Waals surface area contributed by atoms with Crippen molar-refractivity contribution in [2.45, 2.75) is 33.6 Å². The molecule has 0 aromatic carbocycles. The van der Waals surface area contributed by atoms with E-state index in [9.17, 15) is 9.18 Å².